The minimum absolute atomic E-state index is 0.0818. The van der Waals surface area contributed by atoms with Crippen molar-refractivity contribution in [3.05, 3.63) is 40.8 Å². The lowest BCUT2D eigenvalue weighted by Gasteiger charge is -2.34. The maximum Gasteiger partial charge on any atom is 0.419 e. The molecule has 1 aliphatic rings. The normalized spacial score (nSPS) is 16.2. The molecule has 0 aliphatic carbocycles. The van der Waals surface area contributed by atoms with Gasteiger partial charge in [-0.05, 0) is 6.92 Å². The van der Waals surface area contributed by atoms with E-state index in [1.54, 1.807) is 29.1 Å². The van der Waals surface area contributed by atoms with Gasteiger partial charge in [0.15, 0.2) is 0 Å². The van der Waals surface area contributed by atoms with Crippen LogP contribution in [0.1, 0.15) is 12.5 Å². The number of nitrogens with two attached hydrogens (primary N) is 1. The first-order valence-corrected chi connectivity index (χ1v) is 9.08. The summed E-state index contributed by atoms with van der Waals surface area (Å²) in [5.74, 6) is -0.0204. The second-order valence-electron chi connectivity index (χ2n) is 6.98. The van der Waals surface area contributed by atoms with Crippen LogP contribution >= 0.6 is 0 Å². The minimum atomic E-state index is -4.48. The van der Waals surface area contributed by atoms with Gasteiger partial charge in [-0.15, -0.1) is 0 Å². The number of alkyl halides is 3. The Hall–Kier alpha value is -2.89. The third kappa shape index (κ3) is 4.94. The number of anilines is 1. The third-order valence-corrected chi connectivity index (χ3v) is 4.59. The molecular weight excluding hydrogens is 391 g/mol. The summed E-state index contributed by atoms with van der Waals surface area (Å²) in [5, 5.41) is 0. The van der Waals surface area contributed by atoms with Crippen molar-refractivity contribution in [1.29, 1.82) is 0 Å². The number of aromatic nitrogens is 4. The van der Waals surface area contributed by atoms with Gasteiger partial charge >= 0.3 is 11.9 Å². The lowest BCUT2D eigenvalue weighted by Crippen LogP contribution is -2.50. The van der Waals surface area contributed by atoms with Crippen LogP contribution in [-0.2, 0) is 24.1 Å². The van der Waals surface area contributed by atoms with Crippen LogP contribution < -0.4 is 16.3 Å². The summed E-state index contributed by atoms with van der Waals surface area (Å²) in [4.78, 5) is 35.6. The molecule has 2 aromatic rings. The summed E-state index contributed by atoms with van der Waals surface area (Å²) in [6, 6.07) is -0.181. The van der Waals surface area contributed by atoms with E-state index in [0.29, 0.717) is 32.7 Å². The lowest BCUT2D eigenvalue weighted by atomic mass is 10.3. The molecule has 0 aromatic carbocycles. The molecule has 0 radical (unpaired) electrons. The third-order valence-electron chi connectivity index (χ3n) is 4.59. The van der Waals surface area contributed by atoms with Gasteiger partial charge in [-0.25, -0.2) is 14.8 Å². The Labute approximate surface area is 164 Å². The first kappa shape index (κ1) is 20.8. The van der Waals surface area contributed by atoms with Crippen molar-refractivity contribution in [2.45, 2.75) is 32.2 Å². The molecule has 1 aliphatic heterocycles. The van der Waals surface area contributed by atoms with E-state index < -0.39 is 11.7 Å². The topological polar surface area (TPSA) is 102 Å². The number of carbonyl (C=O) groups is 1. The number of piperazine rings is 1. The highest BCUT2D eigenvalue weighted by molar-refractivity contribution is 5.76. The first-order chi connectivity index (χ1) is 13.6. The zero-order valence-electron chi connectivity index (χ0n) is 15.8. The van der Waals surface area contributed by atoms with Gasteiger partial charge in [0.05, 0.1) is 5.56 Å². The van der Waals surface area contributed by atoms with Crippen molar-refractivity contribution < 1.29 is 18.0 Å². The zero-order chi connectivity index (χ0) is 21.2. The van der Waals surface area contributed by atoms with E-state index in [2.05, 4.69) is 9.97 Å². The van der Waals surface area contributed by atoms with E-state index in [1.807, 2.05) is 0 Å². The van der Waals surface area contributed by atoms with Crippen LogP contribution in [-0.4, -0.2) is 62.1 Å². The predicted molar refractivity (Wildman–Crippen MR) is 98.2 cm³/mol. The maximum atomic E-state index is 12.6. The van der Waals surface area contributed by atoms with E-state index >= 15 is 0 Å². The molecule has 29 heavy (non-hydrogen) atoms. The molecule has 2 N–H and O–H groups in total. The van der Waals surface area contributed by atoms with Crippen LogP contribution in [0.2, 0.25) is 0 Å². The van der Waals surface area contributed by atoms with Crippen LogP contribution in [0, 0.1) is 0 Å². The van der Waals surface area contributed by atoms with Crippen molar-refractivity contribution in [2.75, 3.05) is 31.1 Å². The Morgan fingerprint density at radius 2 is 1.72 bits per heavy atom. The van der Waals surface area contributed by atoms with Gasteiger partial charge in [-0.1, -0.05) is 0 Å². The van der Waals surface area contributed by atoms with Crippen molar-refractivity contribution in [1.82, 2.24) is 24.0 Å². The minimum Gasteiger partial charge on any atom is -0.338 e. The van der Waals surface area contributed by atoms with E-state index in [1.165, 1.54) is 9.13 Å². The molecule has 9 nitrogen and oxygen atoms in total. The number of amides is 1. The van der Waals surface area contributed by atoms with E-state index in [9.17, 15) is 22.8 Å². The van der Waals surface area contributed by atoms with Crippen molar-refractivity contribution in [2.24, 2.45) is 5.73 Å². The molecule has 1 fully saturated rings. The highest BCUT2D eigenvalue weighted by atomic mass is 19.4. The van der Waals surface area contributed by atoms with Crippen LogP contribution in [0.5, 0.6) is 0 Å². The second kappa shape index (κ2) is 8.23. The van der Waals surface area contributed by atoms with Gasteiger partial charge in [-0.3, -0.25) is 13.9 Å². The number of hydrogen-bond donors (Lipinski definition) is 1. The molecule has 0 bridgehead atoms. The van der Waals surface area contributed by atoms with Crippen LogP contribution in [0.3, 0.4) is 0 Å². The molecule has 3 rings (SSSR count). The number of hydrogen-bond acceptors (Lipinski definition) is 6. The standard InChI is InChI=1S/C17H22F3N7O2/c1-12(21)10-26-6-7-27(16(26)29)11-14(28)24-2-4-25(5-3-24)15-22-8-13(9-23-15)17(18,19)20/h6-9,12H,2-5,10-11,21H2,1H3/t12-/m0/s1. The summed E-state index contributed by atoms with van der Waals surface area (Å²) in [6.45, 7) is 3.56. The van der Waals surface area contributed by atoms with Gasteiger partial charge in [0.25, 0.3) is 0 Å². The Balaban J connectivity index is 1.56. The fourth-order valence-electron chi connectivity index (χ4n) is 3.06. The fourth-order valence-corrected chi connectivity index (χ4v) is 3.06. The van der Waals surface area contributed by atoms with Gasteiger partial charge in [-0.2, -0.15) is 13.2 Å². The molecule has 12 heteroatoms. The molecule has 0 spiro atoms. The Bertz CT molecular complexity index is 897. The summed E-state index contributed by atoms with van der Waals surface area (Å²) >= 11 is 0. The average Bonchev–Trinajstić information content (AvgIpc) is 3.00. The SMILES string of the molecule is C[C@H](N)Cn1ccn(CC(=O)N2CCN(c3ncc(C(F)(F)F)cn3)CC2)c1=O. The Morgan fingerprint density at radius 3 is 2.28 bits per heavy atom. The molecule has 0 saturated carbocycles. The van der Waals surface area contributed by atoms with Gasteiger partial charge in [0, 0.05) is 63.6 Å². The second-order valence-corrected chi connectivity index (χ2v) is 6.98. The molecular formula is C17H22F3N7O2. The van der Waals surface area contributed by atoms with E-state index in [-0.39, 0.29) is 30.1 Å². The van der Waals surface area contributed by atoms with Crippen LogP contribution in [0.15, 0.2) is 29.6 Å². The summed E-state index contributed by atoms with van der Waals surface area (Å²) < 4.78 is 40.6. The number of rotatable bonds is 5. The van der Waals surface area contributed by atoms with Crippen LogP contribution in [0.25, 0.3) is 0 Å². The summed E-state index contributed by atoms with van der Waals surface area (Å²) in [6.07, 6.45) is 0.162. The fraction of sp³-hybridized carbons (Fsp3) is 0.529. The smallest absolute Gasteiger partial charge is 0.338 e. The summed E-state index contributed by atoms with van der Waals surface area (Å²) in [5.41, 5.74) is 4.49. The maximum absolute atomic E-state index is 12.6. The molecule has 1 saturated heterocycles. The van der Waals surface area contributed by atoms with Crippen molar-refractivity contribution in [3.63, 3.8) is 0 Å². The molecule has 158 valence electrons. The highest BCUT2D eigenvalue weighted by Crippen LogP contribution is 2.28. The number of nitrogens with zero attached hydrogens (tertiary/aromatic N) is 6. The van der Waals surface area contributed by atoms with E-state index in [4.69, 9.17) is 5.73 Å². The lowest BCUT2D eigenvalue weighted by molar-refractivity contribution is -0.138. The first-order valence-electron chi connectivity index (χ1n) is 9.08. The molecule has 2 aromatic heterocycles. The number of imidazole rings is 1. The van der Waals surface area contributed by atoms with Gasteiger partial charge < -0.3 is 15.5 Å². The number of carbonyl (C=O) groups excluding carboxylic acids is 1. The summed E-state index contributed by atoms with van der Waals surface area (Å²) in [7, 11) is 0. The molecule has 1 amide bonds. The van der Waals surface area contributed by atoms with Gasteiger partial charge in [0.1, 0.15) is 6.54 Å². The largest absolute Gasteiger partial charge is 0.419 e. The zero-order valence-corrected chi connectivity index (χ0v) is 15.8. The van der Waals surface area contributed by atoms with Gasteiger partial charge in [0.2, 0.25) is 11.9 Å². The predicted octanol–water partition coefficient (Wildman–Crippen LogP) is 0.155. The van der Waals surface area contributed by atoms with E-state index in [0.717, 1.165) is 12.4 Å². The quantitative estimate of drug-likeness (QED) is 0.749. The van der Waals surface area contributed by atoms with Crippen molar-refractivity contribution in [3.8, 4) is 0 Å². The molecule has 3 heterocycles. The molecule has 1 atom stereocenters. The number of halogens is 3. The monoisotopic (exact) mass is 413 g/mol. The Kier molecular flexibility index (Phi) is 5.91. The Morgan fingerprint density at radius 1 is 1.14 bits per heavy atom. The van der Waals surface area contributed by atoms with Crippen LogP contribution in [0.4, 0.5) is 19.1 Å². The highest BCUT2D eigenvalue weighted by Gasteiger charge is 2.32. The average molecular weight is 413 g/mol. The van der Waals surface area contributed by atoms with Crippen molar-refractivity contribution >= 4 is 11.9 Å². The molecule has 0 unspecified atom stereocenters.